The first-order valence-electron chi connectivity index (χ1n) is 1.87. The summed E-state index contributed by atoms with van der Waals surface area (Å²) in [5, 5.41) is 7.49. The van der Waals surface area contributed by atoms with Crippen molar-refractivity contribution in [3.8, 4) is 0 Å². The summed E-state index contributed by atoms with van der Waals surface area (Å²) in [4.78, 5) is 0. The lowest BCUT2D eigenvalue weighted by Crippen LogP contribution is -2.13. The predicted octanol–water partition coefficient (Wildman–Crippen LogP) is -0.754. The summed E-state index contributed by atoms with van der Waals surface area (Å²) in [6, 6.07) is 0. The molecule has 0 saturated carbocycles. The van der Waals surface area contributed by atoms with Gasteiger partial charge in [0.15, 0.2) is 0 Å². The highest BCUT2D eigenvalue weighted by Gasteiger charge is 1.95. The lowest BCUT2D eigenvalue weighted by molar-refractivity contribution is 0.293. The zero-order valence-corrected chi connectivity index (χ0v) is 4.77. The Labute approximate surface area is 44.6 Å². The average molecular weight is 123 g/mol. The van der Waals surface area contributed by atoms with E-state index in [4.69, 9.17) is 5.11 Å². The molecule has 0 aromatic carbocycles. The molecule has 7 heavy (non-hydrogen) atoms. The highest BCUT2D eigenvalue weighted by Crippen LogP contribution is 1.86. The molecule has 0 aromatic rings. The molecule has 0 saturated heterocycles. The summed E-state index contributed by atoms with van der Waals surface area (Å²) < 4.78 is 19.5. The Morgan fingerprint density at radius 1 is 2.00 bits per heavy atom. The van der Waals surface area contributed by atoms with Gasteiger partial charge in [-0.3, -0.25) is 4.21 Å². The lowest BCUT2D eigenvalue weighted by Gasteiger charge is -2.09. The van der Waals surface area contributed by atoms with Gasteiger partial charge in [-0.15, -0.1) is 0 Å². The largest absolute Gasteiger partial charge is 0.772 e. The van der Waals surface area contributed by atoms with E-state index in [0.717, 1.165) is 0 Å². The Balaban J connectivity index is 3.34. The third kappa shape index (κ3) is 2.73. The van der Waals surface area contributed by atoms with Crippen LogP contribution in [0.4, 0.5) is 0 Å². The highest BCUT2D eigenvalue weighted by molar-refractivity contribution is 7.79. The summed E-state index contributed by atoms with van der Waals surface area (Å²) in [5.41, 5.74) is 0. The summed E-state index contributed by atoms with van der Waals surface area (Å²) in [5.74, 6) is 0. The van der Waals surface area contributed by atoms with Crippen molar-refractivity contribution in [1.82, 2.24) is 0 Å². The smallest absolute Gasteiger partial charge is 0.0561 e. The van der Waals surface area contributed by atoms with Crippen molar-refractivity contribution in [3.63, 3.8) is 0 Å². The number of hydrogen-bond acceptors (Lipinski definition) is 3. The van der Waals surface area contributed by atoms with Crippen molar-refractivity contribution in [3.05, 3.63) is 0 Å². The molecule has 0 spiro atoms. The average Bonchev–Trinajstić information content (AvgIpc) is 1.65. The van der Waals surface area contributed by atoms with Crippen molar-refractivity contribution in [2.24, 2.45) is 0 Å². The standard InChI is InChI=1S/C3H8O3S/c1-3(2-4)7(5)6/h3-4H,2H2,1H3,(H,5,6)/p-1. The lowest BCUT2D eigenvalue weighted by atomic mass is 10.5. The number of aliphatic hydroxyl groups excluding tert-OH is 1. The third-order valence-corrected chi connectivity index (χ3v) is 1.39. The zero-order valence-electron chi connectivity index (χ0n) is 3.96. The molecular formula is C3H7O3S-. The first-order valence-corrected chi connectivity index (χ1v) is 3.01. The molecule has 0 aromatic heterocycles. The van der Waals surface area contributed by atoms with Gasteiger partial charge in [-0.2, -0.15) is 0 Å². The van der Waals surface area contributed by atoms with E-state index < -0.39 is 16.3 Å². The summed E-state index contributed by atoms with van der Waals surface area (Å²) in [6.45, 7) is 1.14. The maximum Gasteiger partial charge on any atom is 0.0561 e. The van der Waals surface area contributed by atoms with Gasteiger partial charge < -0.3 is 9.66 Å². The van der Waals surface area contributed by atoms with Crippen molar-refractivity contribution in [1.29, 1.82) is 0 Å². The normalized spacial score (nSPS) is 18.7. The number of hydrogen-bond donors (Lipinski definition) is 1. The topological polar surface area (TPSA) is 60.4 Å². The molecule has 0 aliphatic rings. The first-order chi connectivity index (χ1) is 3.18. The Morgan fingerprint density at radius 2 is 2.43 bits per heavy atom. The van der Waals surface area contributed by atoms with Crippen LogP contribution in [0.15, 0.2) is 0 Å². The third-order valence-electron chi connectivity index (χ3n) is 0.586. The molecule has 4 heteroatoms. The molecule has 1 N–H and O–H groups in total. The molecule has 3 nitrogen and oxygen atoms in total. The van der Waals surface area contributed by atoms with Gasteiger partial charge in [-0.25, -0.2) is 0 Å². The van der Waals surface area contributed by atoms with Gasteiger partial charge in [0, 0.05) is 5.25 Å². The van der Waals surface area contributed by atoms with Crippen molar-refractivity contribution < 1.29 is 13.9 Å². The van der Waals surface area contributed by atoms with Gasteiger partial charge in [-0.05, 0) is 6.92 Å². The van der Waals surface area contributed by atoms with Crippen LogP contribution in [-0.4, -0.2) is 25.7 Å². The van der Waals surface area contributed by atoms with E-state index in [1.54, 1.807) is 0 Å². The van der Waals surface area contributed by atoms with Gasteiger partial charge in [0.05, 0.1) is 6.61 Å². The maximum absolute atomic E-state index is 9.77. The van der Waals surface area contributed by atoms with E-state index in [0.29, 0.717) is 0 Å². The molecule has 0 bridgehead atoms. The number of rotatable bonds is 2. The first kappa shape index (κ1) is 7.07. The van der Waals surface area contributed by atoms with Crippen molar-refractivity contribution in [2.75, 3.05) is 6.61 Å². The van der Waals surface area contributed by atoms with E-state index in [9.17, 15) is 8.76 Å². The molecule has 0 heterocycles. The monoisotopic (exact) mass is 123 g/mol. The molecule has 0 aliphatic carbocycles. The minimum atomic E-state index is -2.11. The van der Waals surface area contributed by atoms with Gasteiger partial charge in [-0.1, -0.05) is 11.1 Å². The molecule has 0 rings (SSSR count). The Hall–Kier alpha value is 0.0700. The quantitative estimate of drug-likeness (QED) is 0.491. The Morgan fingerprint density at radius 3 is 2.43 bits per heavy atom. The van der Waals surface area contributed by atoms with Crippen LogP contribution in [0, 0.1) is 0 Å². The van der Waals surface area contributed by atoms with E-state index in [2.05, 4.69) is 0 Å². The molecule has 0 fully saturated rings. The van der Waals surface area contributed by atoms with E-state index in [1.807, 2.05) is 0 Å². The highest BCUT2D eigenvalue weighted by atomic mass is 32.2. The van der Waals surface area contributed by atoms with Gasteiger partial charge in [0.2, 0.25) is 0 Å². The fraction of sp³-hybridized carbons (Fsp3) is 1.00. The van der Waals surface area contributed by atoms with E-state index in [1.165, 1.54) is 6.92 Å². The van der Waals surface area contributed by atoms with Gasteiger partial charge >= 0.3 is 0 Å². The Kier molecular flexibility index (Phi) is 3.15. The van der Waals surface area contributed by atoms with Gasteiger partial charge in [0.25, 0.3) is 0 Å². The second kappa shape index (κ2) is 3.12. The van der Waals surface area contributed by atoms with Crippen LogP contribution in [0.1, 0.15) is 6.92 Å². The van der Waals surface area contributed by atoms with Crippen LogP contribution in [0.2, 0.25) is 0 Å². The molecule has 0 aliphatic heterocycles. The molecule has 44 valence electrons. The zero-order chi connectivity index (χ0) is 5.86. The van der Waals surface area contributed by atoms with Crippen LogP contribution in [-0.2, 0) is 11.1 Å². The van der Waals surface area contributed by atoms with Crippen LogP contribution in [0.5, 0.6) is 0 Å². The van der Waals surface area contributed by atoms with Crippen LogP contribution in [0.3, 0.4) is 0 Å². The van der Waals surface area contributed by atoms with Crippen molar-refractivity contribution in [2.45, 2.75) is 12.2 Å². The summed E-state index contributed by atoms with van der Waals surface area (Å²) >= 11 is -2.11. The minimum absolute atomic E-state index is 0.296. The van der Waals surface area contributed by atoms with Crippen LogP contribution >= 0.6 is 0 Å². The summed E-state index contributed by atoms with van der Waals surface area (Å²) in [6.07, 6.45) is 0. The fourth-order valence-electron chi connectivity index (χ4n) is 0.0609. The number of aliphatic hydroxyl groups is 1. The molecule has 0 radical (unpaired) electrons. The van der Waals surface area contributed by atoms with Crippen molar-refractivity contribution >= 4 is 11.1 Å². The minimum Gasteiger partial charge on any atom is -0.772 e. The molecule has 0 amide bonds. The summed E-state index contributed by atoms with van der Waals surface area (Å²) in [7, 11) is 0. The van der Waals surface area contributed by atoms with Gasteiger partial charge in [0.1, 0.15) is 0 Å². The molecule has 2 unspecified atom stereocenters. The second-order valence-corrected chi connectivity index (χ2v) is 2.58. The molecular weight excluding hydrogens is 116 g/mol. The van der Waals surface area contributed by atoms with Crippen LogP contribution in [0.25, 0.3) is 0 Å². The molecule has 2 atom stereocenters. The van der Waals surface area contributed by atoms with E-state index in [-0.39, 0.29) is 6.61 Å². The predicted molar refractivity (Wildman–Crippen MR) is 25.5 cm³/mol. The maximum atomic E-state index is 9.77. The fourth-order valence-corrected chi connectivity index (χ4v) is 0.183. The SMILES string of the molecule is CC(CO)S(=O)[O-]. The second-order valence-electron chi connectivity index (χ2n) is 1.25. The van der Waals surface area contributed by atoms with Crippen LogP contribution < -0.4 is 0 Å². The van der Waals surface area contributed by atoms with E-state index >= 15 is 0 Å². The Bertz CT molecular complexity index is 72.6.